The van der Waals surface area contributed by atoms with Crippen molar-refractivity contribution in [1.29, 1.82) is 0 Å². The molecule has 3 N–H and O–H groups in total. The molecule has 11 nitrogen and oxygen atoms in total. The normalized spacial score (nSPS) is 17.9. The van der Waals surface area contributed by atoms with Gasteiger partial charge in [0.15, 0.2) is 9.92 Å². The Morgan fingerprint density at radius 1 is 1.32 bits per heavy atom. The van der Waals surface area contributed by atoms with Crippen LogP contribution in [-0.2, 0) is 34.0 Å². The van der Waals surface area contributed by atoms with Gasteiger partial charge < -0.3 is 19.5 Å². The summed E-state index contributed by atoms with van der Waals surface area (Å²) in [5.41, 5.74) is 4.36. The maximum absolute atomic E-state index is 13.2. The number of aromatic nitrogens is 3. The Morgan fingerprint density at radius 2 is 2.18 bits per heavy atom. The quantitative estimate of drug-likeness (QED) is 0.566. The number of pyridine rings is 1. The molecule has 1 aliphatic heterocycles. The van der Waals surface area contributed by atoms with Crippen molar-refractivity contribution in [2.45, 2.75) is 30.4 Å². The van der Waals surface area contributed by atoms with E-state index in [0.29, 0.717) is 18.1 Å². The zero-order valence-corrected chi connectivity index (χ0v) is 19.5. The van der Waals surface area contributed by atoms with E-state index >= 15 is 0 Å². The fraction of sp³-hybridized carbons (Fsp3) is 0.318. The number of carbonyl (C=O) groups is 1. The third kappa shape index (κ3) is 4.00. The Balaban J connectivity index is 1.47. The smallest absolute Gasteiger partial charge is 0.354 e. The van der Waals surface area contributed by atoms with E-state index in [9.17, 15) is 9.00 Å². The standard InChI is InChI=1S/C22H24N6O5S/c1-31-15-11-28-21(33-12-15)18(10-25-28)34(23,30)27-22(29)26-20-16-5-3-13(16)4-6-17(20)14-7-8-24-19(9-14)32-2/h4,6-10,15H,3,5,11-12H2,1-2H3,(H3,23,26,27,29,30)/t15-,34+/m0/s1. The minimum absolute atomic E-state index is 0.0670. The van der Waals surface area contributed by atoms with Crippen molar-refractivity contribution >= 4 is 21.6 Å². The van der Waals surface area contributed by atoms with Crippen LogP contribution in [0.3, 0.4) is 0 Å². The summed E-state index contributed by atoms with van der Waals surface area (Å²) in [5.74, 6) is 0.680. The average Bonchev–Trinajstić information content (AvgIpc) is 3.24. The number of anilines is 1. The molecule has 2 aliphatic rings. The summed E-state index contributed by atoms with van der Waals surface area (Å²) >= 11 is 0. The first kappa shape index (κ1) is 22.3. The molecule has 5 rings (SSSR count). The number of amides is 2. The molecule has 2 aromatic heterocycles. The predicted octanol–water partition coefficient (Wildman–Crippen LogP) is 2.39. The summed E-state index contributed by atoms with van der Waals surface area (Å²) in [5, 5.41) is 13.0. The zero-order valence-electron chi connectivity index (χ0n) is 18.7. The summed E-state index contributed by atoms with van der Waals surface area (Å²) in [4.78, 5) is 17.1. The van der Waals surface area contributed by atoms with E-state index in [1.807, 2.05) is 18.2 Å². The van der Waals surface area contributed by atoms with Gasteiger partial charge in [-0.05, 0) is 35.6 Å². The van der Waals surface area contributed by atoms with Gasteiger partial charge >= 0.3 is 6.03 Å². The number of fused-ring (bicyclic) bond motifs is 2. The molecule has 0 saturated heterocycles. The SMILES string of the molecule is COc1cc(-c2ccc3c(c2NC(=O)N=[S@@](N)(=O)c2cnn4c2OC[C@@H](OC)C4)CC3)ccn1. The third-order valence-corrected chi connectivity index (χ3v) is 7.30. The Bertz CT molecular complexity index is 1390. The van der Waals surface area contributed by atoms with Gasteiger partial charge in [0.1, 0.15) is 17.6 Å². The van der Waals surface area contributed by atoms with Crippen LogP contribution in [-0.4, -0.2) is 51.9 Å². The highest BCUT2D eigenvalue weighted by molar-refractivity contribution is 7.91. The summed E-state index contributed by atoms with van der Waals surface area (Å²) in [6.07, 6.45) is 4.50. The molecule has 0 fully saturated rings. The van der Waals surface area contributed by atoms with E-state index in [1.54, 1.807) is 19.4 Å². The Labute approximate surface area is 196 Å². The van der Waals surface area contributed by atoms with Crippen LogP contribution in [0, 0.1) is 0 Å². The molecule has 1 aromatic carbocycles. The number of nitrogens with one attached hydrogen (secondary N) is 1. The third-order valence-electron chi connectivity index (χ3n) is 5.95. The number of aryl methyl sites for hydroxylation is 1. The molecule has 0 bridgehead atoms. The van der Waals surface area contributed by atoms with Gasteiger partial charge in [-0.25, -0.2) is 23.8 Å². The van der Waals surface area contributed by atoms with Crippen LogP contribution in [0.4, 0.5) is 10.5 Å². The number of carbonyl (C=O) groups excluding carboxylic acids is 1. The second-order valence-corrected chi connectivity index (χ2v) is 9.73. The van der Waals surface area contributed by atoms with E-state index in [2.05, 4.69) is 19.8 Å². The van der Waals surface area contributed by atoms with Crippen LogP contribution in [0.5, 0.6) is 11.8 Å². The van der Waals surface area contributed by atoms with Gasteiger partial charge in [0, 0.05) is 24.9 Å². The molecule has 2 amide bonds. The van der Waals surface area contributed by atoms with Crippen LogP contribution in [0.15, 0.2) is 45.9 Å². The number of rotatable bonds is 5. The molecule has 3 heterocycles. The van der Waals surface area contributed by atoms with Gasteiger partial charge in [0.05, 0.1) is 25.5 Å². The number of ether oxygens (including phenoxy) is 3. The number of urea groups is 1. The first-order chi connectivity index (χ1) is 16.4. The molecular weight excluding hydrogens is 460 g/mol. The first-order valence-corrected chi connectivity index (χ1v) is 12.2. The fourth-order valence-electron chi connectivity index (χ4n) is 4.06. The first-order valence-electron chi connectivity index (χ1n) is 10.6. The molecule has 0 radical (unpaired) electrons. The minimum Gasteiger partial charge on any atom is -0.481 e. The lowest BCUT2D eigenvalue weighted by molar-refractivity contribution is 0.0165. The minimum atomic E-state index is -3.61. The Morgan fingerprint density at radius 3 is 2.91 bits per heavy atom. The highest BCUT2D eigenvalue weighted by Gasteiger charge is 2.28. The summed E-state index contributed by atoms with van der Waals surface area (Å²) in [7, 11) is -0.499. The Hall–Kier alpha value is -3.48. The lowest BCUT2D eigenvalue weighted by atomic mass is 9.84. The van der Waals surface area contributed by atoms with Gasteiger partial charge in [-0.2, -0.15) is 5.10 Å². The van der Waals surface area contributed by atoms with Crippen molar-refractivity contribution < 1.29 is 23.2 Å². The lowest BCUT2D eigenvalue weighted by Gasteiger charge is -2.25. The van der Waals surface area contributed by atoms with Crippen LogP contribution in [0.25, 0.3) is 11.1 Å². The number of nitrogens with zero attached hydrogens (tertiary/aromatic N) is 4. The van der Waals surface area contributed by atoms with Crippen molar-refractivity contribution in [2.75, 3.05) is 26.1 Å². The van der Waals surface area contributed by atoms with Crippen LogP contribution in [0.2, 0.25) is 0 Å². The van der Waals surface area contributed by atoms with Crippen LogP contribution < -0.4 is 19.9 Å². The van der Waals surface area contributed by atoms with E-state index in [-0.39, 0.29) is 23.5 Å². The number of benzene rings is 1. The van der Waals surface area contributed by atoms with Crippen molar-refractivity contribution in [3.63, 3.8) is 0 Å². The molecule has 2 atom stereocenters. The number of hydrogen-bond donors (Lipinski definition) is 2. The van der Waals surface area contributed by atoms with E-state index in [0.717, 1.165) is 35.1 Å². The molecule has 3 aromatic rings. The van der Waals surface area contributed by atoms with E-state index < -0.39 is 15.9 Å². The zero-order chi connectivity index (χ0) is 23.9. The van der Waals surface area contributed by atoms with Gasteiger partial charge in [-0.3, -0.25) is 0 Å². The molecule has 178 valence electrons. The number of nitrogens with two attached hydrogens (primary N) is 1. The average molecular weight is 485 g/mol. The summed E-state index contributed by atoms with van der Waals surface area (Å²) < 4.78 is 34.7. The molecule has 12 heteroatoms. The highest BCUT2D eigenvalue weighted by Crippen LogP contribution is 2.39. The highest BCUT2D eigenvalue weighted by atomic mass is 32.2. The molecule has 0 spiro atoms. The van der Waals surface area contributed by atoms with Crippen molar-refractivity contribution in [3.8, 4) is 22.9 Å². The van der Waals surface area contributed by atoms with E-state index in [1.165, 1.54) is 18.0 Å². The van der Waals surface area contributed by atoms with Gasteiger partial charge in [0.2, 0.25) is 11.8 Å². The largest absolute Gasteiger partial charge is 0.481 e. The summed E-state index contributed by atoms with van der Waals surface area (Å²) in [6, 6.07) is 6.75. The molecule has 1 aliphatic carbocycles. The van der Waals surface area contributed by atoms with Gasteiger partial charge in [-0.1, -0.05) is 12.1 Å². The monoisotopic (exact) mass is 484 g/mol. The molecule has 34 heavy (non-hydrogen) atoms. The lowest BCUT2D eigenvalue weighted by Crippen LogP contribution is -2.32. The summed E-state index contributed by atoms with van der Waals surface area (Å²) in [6.45, 7) is 0.675. The van der Waals surface area contributed by atoms with Crippen molar-refractivity contribution in [3.05, 3.63) is 47.8 Å². The Kier molecular flexibility index (Phi) is 5.71. The van der Waals surface area contributed by atoms with Crippen LogP contribution >= 0.6 is 0 Å². The number of hydrogen-bond acceptors (Lipinski definition) is 7. The predicted molar refractivity (Wildman–Crippen MR) is 124 cm³/mol. The second kappa shape index (κ2) is 8.70. The number of methoxy groups -OCH3 is 2. The maximum Gasteiger partial charge on any atom is 0.354 e. The molecular formula is C22H24N6O5S. The van der Waals surface area contributed by atoms with Crippen LogP contribution in [0.1, 0.15) is 11.1 Å². The molecule has 0 saturated carbocycles. The van der Waals surface area contributed by atoms with Gasteiger partial charge in [0.25, 0.3) is 0 Å². The van der Waals surface area contributed by atoms with E-state index in [4.69, 9.17) is 19.3 Å². The topological polar surface area (TPSA) is 143 Å². The van der Waals surface area contributed by atoms with Crippen molar-refractivity contribution in [1.82, 2.24) is 14.8 Å². The second-order valence-electron chi connectivity index (χ2n) is 7.97. The maximum atomic E-state index is 13.2. The van der Waals surface area contributed by atoms with Crippen molar-refractivity contribution in [2.24, 2.45) is 9.50 Å². The van der Waals surface area contributed by atoms with Gasteiger partial charge in [-0.15, -0.1) is 4.36 Å². The fourth-order valence-corrected chi connectivity index (χ4v) is 5.06. The molecule has 0 unspecified atom stereocenters.